The number of benzene rings is 2. The summed E-state index contributed by atoms with van der Waals surface area (Å²) in [4.78, 5) is 8.80. The molecule has 0 unspecified atom stereocenters. The van der Waals surface area contributed by atoms with Crippen LogP contribution in [0, 0.1) is 6.92 Å². The molecule has 4 rings (SSSR count). The fourth-order valence-electron chi connectivity index (χ4n) is 2.81. The van der Waals surface area contributed by atoms with Crippen molar-refractivity contribution in [1.29, 1.82) is 0 Å². The Morgan fingerprint density at radius 1 is 1.07 bits per heavy atom. The zero-order valence-electron chi connectivity index (χ0n) is 15.5. The highest BCUT2D eigenvalue weighted by atomic mass is 35.5. The normalized spacial score (nSPS) is 11.1. The van der Waals surface area contributed by atoms with Crippen molar-refractivity contribution in [2.45, 2.75) is 37.2 Å². The molecular formula is C20H18ClN5OS. The minimum Gasteiger partial charge on any atom is -0.486 e. The van der Waals surface area contributed by atoms with Gasteiger partial charge in [-0.2, -0.15) is 0 Å². The third kappa shape index (κ3) is 3.95. The molecule has 4 aromatic rings. The molecule has 2 aromatic heterocycles. The van der Waals surface area contributed by atoms with Crippen LogP contribution in [0.3, 0.4) is 0 Å². The molecule has 0 atom stereocenters. The quantitative estimate of drug-likeness (QED) is 0.419. The summed E-state index contributed by atoms with van der Waals surface area (Å²) in [7, 11) is 0. The second kappa shape index (κ2) is 8.16. The maximum Gasteiger partial charge on any atom is 0.197 e. The van der Waals surface area contributed by atoms with E-state index in [-0.39, 0.29) is 0 Å². The van der Waals surface area contributed by atoms with Crippen LogP contribution < -0.4 is 4.74 Å². The molecular weight excluding hydrogens is 394 g/mol. The molecule has 0 radical (unpaired) electrons. The van der Waals surface area contributed by atoms with Crippen molar-refractivity contribution in [3.63, 3.8) is 0 Å². The molecule has 0 aliphatic carbocycles. The summed E-state index contributed by atoms with van der Waals surface area (Å²) in [5, 5.41) is 12.0. The Morgan fingerprint density at radius 2 is 1.89 bits per heavy atom. The number of hydrogen-bond acceptors (Lipinski definition) is 6. The topological polar surface area (TPSA) is 65.7 Å². The Bertz CT molecular complexity index is 1110. The lowest BCUT2D eigenvalue weighted by Gasteiger charge is -2.09. The fraction of sp³-hybridized carbons (Fsp3) is 0.200. The number of hydrogen-bond donors (Lipinski definition) is 0. The zero-order chi connectivity index (χ0) is 19.5. The van der Waals surface area contributed by atoms with Gasteiger partial charge in [0.25, 0.3) is 0 Å². The molecule has 0 saturated carbocycles. The molecule has 0 fully saturated rings. The van der Waals surface area contributed by atoms with Gasteiger partial charge in [-0.25, -0.2) is 9.97 Å². The van der Waals surface area contributed by atoms with Gasteiger partial charge in [0.1, 0.15) is 23.7 Å². The summed E-state index contributed by atoms with van der Waals surface area (Å²) in [5.41, 5.74) is 2.08. The van der Waals surface area contributed by atoms with Crippen molar-refractivity contribution in [3.8, 4) is 5.75 Å². The molecule has 0 aliphatic rings. The van der Waals surface area contributed by atoms with Crippen LogP contribution in [0.5, 0.6) is 5.75 Å². The van der Waals surface area contributed by atoms with E-state index in [1.54, 1.807) is 18.5 Å². The van der Waals surface area contributed by atoms with Crippen LogP contribution in [0.2, 0.25) is 5.02 Å². The Kier molecular flexibility index (Phi) is 5.45. The number of aromatic nitrogens is 5. The van der Waals surface area contributed by atoms with Crippen molar-refractivity contribution in [1.82, 2.24) is 24.7 Å². The SMILES string of the molecule is CCn1c(COc2ccc(Cl)cc2)nnc1Sc1ncnc2ccc(C)cc12. The largest absolute Gasteiger partial charge is 0.486 e. The summed E-state index contributed by atoms with van der Waals surface area (Å²) in [6.45, 7) is 5.17. The van der Waals surface area contributed by atoms with E-state index in [2.05, 4.69) is 40.1 Å². The first-order valence-electron chi connectivity index (χ1n) is 8.83. The van der Waals surface area contributed by atoms with Crippen molar-refractivity contribution in [3.05, 3.63) is 65.2 Å². The van der Waals surface area contributed by atoms with Crippen LogP contribution in [-0.4, -0.2) is 24.7 Å². The Morgan fingerprint density at radius 3 is 2.68 bits per heavy atom. The first-order valence-corrected chi connectivity index (χ1v) is 10.0. The van der Waals surface area contributed by atoms with Gasteiger partial charge in [0.15, 0.2) is 11.0 Å². The lowest BCUT2D eigenvalue weighted by molar-refractivity contribution is 0.288. The van der Waals surface area contributed by atoms with Gasteiger partial charge in [-0.1, -0.05) is 23.2 Å². The zero-order valence-corrected chi connectivity index (χ0v) is 17.0. The van der Waals surface area contributed by atoms with E-state index in [0.29, 0.717) is 11.6 Å². The van der Waals surface area contributed by atoms with Crippen LogP contribution >= 0.6 is 23.4 Å². The van der Waals surface area contributed by atoms with E-state index in [1.165, 1.54) is 11.8 Å². The van der Waals surface area contributed by atoms with E-state index >= 15 is 0 Å². The number of nitrogens with zero attached hydrogens (tertiary/aromatic N) is 5. The minimum atomic E-state index is 0.326. The second-order valence-corrected chi connectivity index (χ2v) is 7.58. The molecule has 0 aliphatic heterocycles. The predicted octanol–water partition coefficient (Wildman–Crippen LogP) is 4.93. The van der Waals surface area contributed by atoms with Crippen molar-refractivity contribution < 1.29 is 4.74 Å². The van der Waals surface area contributed by atoms with E-state index < -0.39 is 0 Å². The van der Waals surface area contributed by atoms with Crippen LogP contribution in [0.1, 0.15) is 18.3 Å². The van der Waals surface area contributed by atoms with Crippen LogP contribution in [0.4, 0.5) is 0 Å². The molecule has 142 valence electrons. The number of aryl methyl sites for hydroxylation is 1. The van der Waals surface area contributed by atoms with Gasteiger partial charge in [0.05, 0.1) is 5.52 Å². The highest BCUT2D eigenvalue weighted by Gasteiger charge is 2.15. The summed E-state index contributed by atoms with van der Waals surface area (Å²) < 4.78 is 7.85. The summed E-state index contributed by atoms with van der Waals surface area (Å²) in [6, 6.07) is 13.4. The summed E-state index contributed by atoms with van der Waals surface area (Å²) in [5.74, 6) is 1.50. The maximum absolute atomic E-state index is 5.91. The van der Waals surface area contributed by atoms with Gasteiger partial charge >= 0.3 is 0 Å². The Labute approximate surface area is 171 Å². The molecule has 2 heterocycles. The molecule has 2 aromatic carbocycles. The highest BCUT2D eigenvalue weighted by molar-refractivity contribution is 7.99. The smallest absolute Gasteiger partial charge is 0.197 e. The van der Waals surface area contributed by atoms with E-state index in [9.17, 15) is 0 Å². The Hall–Kier alpha value is -2.64. The van der Waals surface area contributed by atoms with Gasteiger partial charge < -0.3 is 9.30 Å². The lowest BCUT2D eigenvalue weighted by atomic mass is 10.2. The molecule has 6 nitrogen and oxygen atoms in total. The van der Waals surface area contributed by atoms with Crippen molar-refractivity contribution in [2.75, 3.05) is 0 Å². The van der Waals surface area contributed by atoms with E-state index in [4.69, 9.17) is 16.3 Å². The minimum absolute atomic E-state index is 0.326. The van der Waals surface area contributed by atoms with Gasteiger partial charge in [0.2, 0.25) is 0 Å². The van der Waals surface area contributed by atoms with Gasteiger partial charge in [0, 0.05) is 17.0 Å². The van der Waals surface area contributed by atoms with Gasteiger partial charge in [-0.15, -0.1) is 10.2 Å². The standard InChI is InChI=1S/C20H18ClN5OS/c1-3-26-18(11-27-15-7-5-14(21)6-8-15)24-25-20(26)28-19-16-10-13(2)4-9-17(16)22-12-23-19/h4-10,12H,3,11H2,1-2H3. The number of halogens is 1. The Balaban J connectivity index is 1.58. The van der Waals surface area contributed by atoms with E-state index in [0.717, 1.165) is 44.8 Å². The molecule has 0 bridgehead atoms. The molecule has 0 saturated heterocycles. The maximum atomic E-state index is 5.91. The molecule has 0 N–H and O–H groups in total. The molecule has 28 heavy (non-hydrogen) atoms. The van der Waals surface area contributed by atoms with Crippen LogP contribution in [-0.2, 0) is 13.2 Å². The third-order valence-electron chi connectivity index (χ3n) is 4.23. The van der Waals surface area contributed by atoms with Crippen molar-refractivity contribution >= 4 is 34.3 Å². The monoisotopic (exact) mass is 411 g/mol. The average Bonchev–Trinajstić information content (AvgIpc) is 3.09. The number of ether oxygens (including phenoxy) is 1. The molecule has 8 heteroatoms. The molecule has 0 spiro atoms. The van der Waals surface area contributed by atoms with Crippen LogP contribution in [0.25, 0.3) is 10.9 Å². The van der Waals surface area contributed by atoms with Gasteiger partial charge in [-0.3, -0.25) is 0 Å². The first kappa shape index (κ1) is 18.7. The van der Waals surface area contributed by atoms with Crippen molar-refractivity contribution in [2.24, 2.45) is 0 Å². The summed E-state index contributed by atoms with van der Waals surface area (Å²) >= 11 is 7.40. The third-order valence-corrected chi connectivity index (χ3v) is 5.49. The average molecular weight is 412 g/mol. The number of fused-ring (bicyclic) bond motifs is 1. The van der Waals surface area contributed by atoms with Gasteiger partial charge in [-0.05, 0) is 62.0 Å². The molecule has 0 amide bonds. The lowest BCUT2D eigenvalue weighted by Crippen LogP contribution is -2.07. The van der Waals surface area contributed by atoms with E-state index in [1.807, 2.05) is 28.8 Å². The van der Waals surface area contributed by atoms with Crippen LogP contribution in [0.15, 0.2) is 59.0 Å². The fourth-order valence-corrected chi connectivity index (χ4v) is 3.91. The predicted molar refractivity (Wildman–Crippen MR) is 110 cm³/mol. The first-order chi connectivity index (χ1) is 13.6. The summed E-state index contributed by atoms with van der Waals surface area (Å²) in [6.07, 6.45) is 1.58. The highest BCUT2D eigenvalue weighted by Crippen LogP contribution is 2.31. The second-order valence-electron chi connectivity index (χ2n) is 6.19. The number of rotatable bonds is 6.